The van der Waals surface area contributed by atoms with Gasteiger partial charge in [-0.2, -0.15) is 0 Å². The third kappa shape index (κ3) is 3.68. The van der Waals surface area contributed by atoms with E-state index in [-0.39, 0.29) is 16.7 Å². The molecule has 98 valence electrons. The molecule has 0 saturated carbocycles. The molecule has 2 aromatic rings. The standard InChI is InChI=1S/C11H6Cl2IN3O2/c12-8-2-1-6(14)3-9(8)15-11-5-7(17(18)19)4-10(13)16-11/h1-5H,(H,15,16). The van der Waals surface area contributed by atoms with Crippen LogP contribution in [0.25, 0.3) is 0 Å². The molecule has 2 rings (SSSR count). The fourth-order valence-electron chi connectivity index (χ4n) is 1.38. The zero-order valence-electron chi connectivity index (χ0n) is 9.23. The molecule has 0 atom stereocenters. The van der Waals surface area contributed by atoms with Gasteiger partial charge in [-0.15, -0.1) is 0 Å². The number of nitro groups is 1. The Morgan fingerprint density at radius 3 is 2.68 bits per heavy atom. The summed E-state index contributed by atoms with van der Waals surface area (Å²) in [6, 6.07) is 7.86. The van der Waals surface area contributed by atoms with Gasteiger partial charge < -0.3 is 5.32 Å². The summed E-state index contributed by atoms with van der Waals surface area (Å²) in [5.74, 6) is 0.267. The fourth-order valence-corrected chi connectivity index (χ4v) is 2.24. The van der Waals surface area contributed by atoms with Crippen LogP contribution >= 0.6 is 45.8 Å². The molecule has 1 aromatic carbocycles. The van der Waals surface area contributed by atoms with Crippen LogP contribution in [0.5, 0.6) is 0 Å². The average molecular weight is 410 g/mol. The van der Waals surface area contributed by atoms with Gasteiger partial charge in [0.05, 0.1) is 27.8 Å². The second kappa shape index (κ2) is 5.89. The summed E-state index contributed by atoms with van der Waals surface area (Å²) in [5.41, 5.74) is 0.474. The fraction of sp³-hybridized carbons (Fsp3) is 0. The van der Waals surface area contributed by atoms with Crippen LogP contribution < -0.4 is 5.32 Å². The first-order valence-corrected chi connectivity index (χ1v) is 6.83. The minimum Gasteiger partial charge on any atom is -0.339 e. The number of rotatable bonds is 3. The van der Waals surface area contributed by atoms with E-state index >= 15 is 0 Å². The van der Waals surface area contributed by atoms with Gasteiger partial charge in [-0.3, -0.25) is 10.1 Å². The molecule has 5 nitrogen and oxygen atoms in total. The summed E-state index contributed by atoms with van der Waals surface area (Å²) in [6.45, 7) is 0. The molecular weight excluding hydrogens is 404 g/mol. The number of nitrogens with zero attached hydrogens (tertiary/aromatic N) is 2. The number of nitrogens with one attached hydrogen (secondary N) is 1. The molecule has 1 aromatic heterocycles. The average Bonchev–Trinajstić information content (AvgIpc) is 2.33. The molecule has 0 aliphatic heterocycles. The quantitative estimate of drug-likeness (QED) is 0.347. The zero-order chi connectivity index (χ0) is 14.0. The smallest absolute Gasteiger partial charge is 0.276 e. The molecule has 0 unspecified atom stereocenters. The summed E-state index contributed by atoms with van der Waals surface area (Å²) in [6.07, 6.45) is 0. The van der Waals surface area contributed by atoms with Crippen LogP contribution in [0.1, 0.15) is 0 Å². The third-order valence-corrected chi connectivity index (χ3v) is 3.38. The van der Waals surface area contributed by atoms with Gasteiger partial charge in [0.2, 0.25) is 0 Å². The molecule has 1 N–H and O–H groups in total. The first-order chi connectivity index (χ1) is 8.95. The largest absolute Gasteiger partial charge is 0.339 e. The SMILES string of the molecule is O=[N+]([O-])c1cc(Cl)nc(Nc2cc(I)ccc2Cl)c1. The maximum Gasteiger partial charge on any atom is 0.276 e. The summed E-state index contributed by atoms with van der Waals surface area (Å²) in [4.78, 5) is 14.2. The lowest BCUT2D eigenvalue weighted by molar-refractivity contribution is -0.384. The van der Waals surface area contributed by atoms with Gasteiger partial charge in [-0.1, -0.05) is 23.2 Å². The highest BCUT2D eigenvalue weighted by Crippen LogP contribution is 2.28. The second-order valence-electron chi connectivity index (χ2n) is 3.54. The normalized spacial score (nSPS) is 10.3. The minimum atomic E-state index is -0.533. The molecule has 0 fully saturated rings. The Balaban J connectivity index is 2.38. The Bertz CT molecular complexity index is 652. The van der Waals surface area contributed by atoms with E-state index in [4.69, 9.17) is 23.2 Å². The number of aromatic nitrogens is 1. The van der Waals surface area contributed by atoms with Crippen molar-refractivity contribution >= 4 is 63.0 Å². The van der Waals surface area contributed by atoms with E-state index < -0.39 is 4.92 Å². The summed E-state index contributed by atoms with van der Waals surface area (Å²) < 4.78 is 0.973. The van der Waals surface area contributed by atoms with E-state index in [0.717, 1.165) is 3.57 Å². The number of benzene rings is 1. The summed E-state index contributed by atoms with van der Waals surface area (Å²) in [7, 11) is 0. The summed E-state index contributed by atoms with van der Waals surface area (Å²) in [5, 5.41) is 14.2. The first kappa shape index (κ1) is 14.3. The Kier molecular flexibility index (Phi) is 4.43. The highest BCUT2D eigenvalue weighted by molar-refractivity contribution is 14.1. The second-order valence-corrected chi connectivity index (χ2v) is 5.58. The van der Waals surface area contributed by atoms with E-state index in [0.29, 0.717) is 10.7 Å². The molecular formula is C11H6Cl2IN3O2. The highest BCUT2D eigenvalue weighted by Gasteiger charge is 2.11. The van der Waals surface area contributed by atoms with Crippen molar-refractivity contribution in [3.63, 3.8) is 0 Å². The zero-order valence-corrected chi connectivity index (χ0v) is 12.9. The number of anilines is 2. The number of pyridine rings is 1. The predicted octanol–water partition coefficient (Wildman–Crippen LogP) is 4.64. The van der Waals surface area contributed by atoms with E-state index in [9.17, 15) is 10.1 Å². The van der Waals surface area contributed by atoms with Crippen molar-refractivity contribution in [2.24, 2.45) is 0 Å². The van der Waals surface area contributed by atoms with Gasteiger partial charge >= 0.3 is 0 Å². The monoisotopic (exact) mass is 409 g/mol. The van der Waals surface area contributed by atoms with Crippen molar-refractivity contribution in [2.45, 2.75) is 0 Å². The van der Waals surface area contributed by atoms with E-state index in [1.54, 1.807) is 12.1 Å². The van der Waals surface area contributed by atoms with Crippen LogP contribution in [0, 0.1) is 13.7 Å². The van der Waals surface area contributed by atoms with Gasteiger partial charge in [0, 0.05) is 3.57 Å². The third-order valence-electron chi connectivity index (χ3n) is 2.18. The Hall–Kier alpha value is -1.12. The van der Waals surface area contributed by atoms with Crippen molar-refractivity contribution in [3.8, 4) is 0 Å². The first-order valence-electron chi connectivity index (χ1n) is 5.00. The van der Waals surface area contributed by atoms with Crippen LogP contribution in [0.4, 0.5) is 17.2 Å². The Morgan fingerprint density at radius 2 is 2.00 bits per heavy atom. The number of hydrogen-bond acceptors (Lipinski definition) is 4. The van der Waals surface area contributed by atoms with Crippen molar-refractivity contribution in [3.05, 3.63) is 54.2 Å². The van der Waals surface area contributed by atoms with Gasteiger partial charge in [0.15, 0.2) is 0 Å². The lowest BCUT2D eigenvalue weighted by Crippen LogP contribution is -1.97. The van der Waals surface area contributed by atoms with Crippen LogP contribution in [0.15, 0.2) is 30.3 Å². The van der Waals surface area contributed by atoms with Crippen molar-refractivity contribution < 1.29 is 4.92 Å². The molecule has 0 aliphatic carbocycles. The summed E-state index contributed by atoms with van der Waals surface area (Å²) >= 11 is 13.9. The van der Waals surface area contributed by atoms with Gasteiger partial charge in [-0.05, 0) is 40.8 Å². The lowest BCUT2D eigenvalue weighted by Gasteiger charge is -2.08. The van der Waals surface area contributed by atoms with Crippen molar-refractivity contribution in [1.29, 1.82) is 0 Å². The maximum atomic E-state index is 10.7. The number of halogens is 3. The topological polar surface area (TPSA) is 68.1 Å². The molecule has 0 amide bonds. The van der Waals surface area contributed by atoms with Crippen LogP contribution in [0.2, 0.25) is 10.2 Å². The van der Waals surface area contributed by atoms with Crippen LogP contribution in [0.3, 0.4) is 0 Å². The molecule has 0 saturated heterocycles. The number of hydrogen-bond donors (Lipinski definition) is 1. The lowest BCUT2D eigenvalue weighted by atomic mass is 10.3. The molecule has 0 aliphatic rings. The van der Waals surface area contributed by atoms with Gasteiger partial charge in [-0.25, -0.2) is 4.98 Å². The van der Waals surface area contributed by atoms with E-state index in [2.05, 4.69) is 32.9 Å². The minimum absolute atomic E-state index is 0.0402. The van der Waals surface area contributed by atoms with Gasteiger partial charge in [0.1, 0.15) is 11.0 Å². The highest BCUT2D eigenvalue weighted by atomic mass is 127. The Labute approximate surface area is 132 Å². The van der Waals surface area contributed by atoms with Crippen LogP contribution in [-0.2, 0) is 0 Å². The molecule has 8 heteroatoms. The van der Waals surface area contributed by atoms with Crippen molar-refractivity contribution in [1.82, 2.24) is 4.98 Å². The molecule has 1 heterocycles. The predicted molar refractivity (Wildman–Crippen MR) is 83.4 cm³/mol. The molecule has 19 heavy (non-hydrogen) atoms. The van der Waals surface area contributed by atoms with E-state index in [1.807, 2.05) is 6.07 Å². The Morgan fingerprint density at radius 1 is 1.26 bits per heavy atom. The molecule has 0 bridgehead atoms. The van der Waals surface area contributed by atoms with E-state index in [1.165, 1.54) is 12.1 Å². The van der Waals surface area contributed by atoms with Crippen molar-refractivity contribution in [2.75, 3.05) is 5.32 Å². The molecule has 0 spiro atoms. The van der Waals surface area contributed by atoms with Gasteiger partial charge in [0.25, 0.3) is 5.69 Å². The maximum absolute atomic E-state index is 10.7. The molecule has 0 radical (unpaired) electrons. The van der Waals surface area contributed by atoms with Crippen LogP contribution in [-0.4, -0.2) is 9.91 Å².